The van der Waals surface area contributed by atoms with Gasteiger partial charge in [-0.25, -0.2) is 10.3 Å². The highest BCUT2D eigenvalue weighted by Gasteiger charge is 2.22. The number of anilines is 1. The molecule has 3 aromatic rings. The van der Waals surface area contributed by atoms with Gasteiger partial charge in [0, 0.05) is 16.5 Å². The molecule has 142 valence electrons. The zero-order valence-electron chi connectivity index (χ0n) is 14.4. The summed E-state index contributed by atoms with van der Waals surface area (Å²) >= 11 is 13.1. The van der Waals surface area contributed by atoms with Gasteiger partial charge in [0.25, 0.3) is 5.91 Å². The van der Waals surface area contributed by atoms with Crippen LogP contribution in [-0.4, -0.2) is 17.0 Å². The van der Waals surface area contributed by atoms with Crippen molar-refractivity contribution in [3.05, 3.63) is 68.5 Å². The number of carboxylic acid groups (broad SMARTS) is 1. The van der Waals surface area contributed by atoms with Gasteiger partial charge < -0.3 is 10.4 Å². The summed E-state index contributed by atoms with van der Waals surface area (Å²) in [5.74, 6) is -1.67. The lowest BCUT2D eigenvalue weighted by atomic mass is 10.0. The highest BCUT2D eigenvalue weighted by atomic mass is 35.5. The average Bonchev–Trinajstić information content (AvgIpc) is 3.08. The first-order valence-corrected chi connectivity index (χ1v) is 9.55. The molecular formula is C19H13Cl2N3O3S. The molecule has 28 heavy (non-hydrogen) atoms. The smallest absolute Gasteiger partial charge is 0.339 e. The maximum atomic E-state index is 12.6. The first kappa shape index (κ1) is 20.0. The van der Waals surface area contributed by atoms with Crippen LogP contribution in [0.2, 0.25) is 10.0 Å². The molecule has 0 spiro atoms. The van der Waals surface area contributed by atoms with Crippen LogP contribution in [0, 0.1) is 12.5 Å². The van der Waals surface area contributed by atoms with E-state index in [9.17, 15) is 14.7 Å². The molecule has 1 heterocycles. The van der Waals surface area contributed by atoms with Gasteiger partial charge in [-0.05, 0) is 42.3 Å². The van der Waals surface area contributed by atoms with Crippen molar-refractivity contribution >= 4 is 57.1 Å². The molecule has 0 saturated carbocycles. The van der Waals surface area contributed by atoms with Crippen LogP contribution in [-0.2, 0) is 0 Å². The number of aryl methyl sites for hydroxylation is 1. The minimum absolute atomic E-state index is 0.0331. The molecule has 0 fully saturated rings. The van der Waals surface area contributed by atoms with E-state index in [1.807, 2.05) is 0 Å². The summed E-state index contributed by atoms with van der Waals surface area (Å²) in [6.07, 6.45) is 0. The van der Waals surface area contributed by atoms with E-state index >= 15 is 0 Å². The molecule has 1 amide bonds. The van der Waals surface area contributed by atoms with Crippen molar-refractivity contribution in [1.82, 2.24) is 0 Å². The minimum Gasteiger partial charge on any atom is -0.478 e. The van der Waals surface area contributed by atoms with E-state index < -0.39 is 11.9 Å². The minimum atomic E-state index is -1.18. The Morgan fingerprint density at radius 1 is 1.14 bits per heavy atom. The molecule has 3 rings (SSSR count). The number of hydrogen-bond donors (Lipinski definition) is 3. The predicted octanol–water partition coefficient (Wildman–Crippen LogP) is 6.64. The molecule has 0 unspecified atom stereocenters. The largest absolute Gasteiger partial charge is 0.478 e. The number of thiophene rings is 1. The molecule has 2 aromatic carbocycles. The van der Waals surface area contributed by atoms with Crippen LogP contribution in [0.3, 0.4) is 0 Å². The number of benzene rings is 2. The third kappa shape index (κ3) is 3.91. The Morgan fingerprint density at radius 2 is 1.89 bits per heavy atom. The number of carbonyl (C=O) groups is 2. The Hall–Kier alpha value is -2.74. The molecule has 0 aliphatic carbocycles. The van der Waals surface area contributed by atoms with Gasteiger partial charge in [0.2, 0.25) is 0 Å². The van der Waals surface area contributed by atoms with Gasteiger partial charge in [0.05, 0.1) is 15.7 Å². The molecule has 0 radical (unpaired) electrons. The molecule has 0 bridgehead atoms. The monoisotopic (exact) mass is 433 g/mol. The Bertz CT molecular complexity index is 1110. The topological polar surface area (TPSA) is 103 Å². The third-order valence-corrected chi connectivity index (χ3v) is 5.69. The summed E-state index contributed by atoms with van der Waals surface area (Å²) in [6.45, 7) is 1.78. The van der Waals surface area contributed by atoms with E-state index in [4.69, 9.17) is 28.7 Å². The number of halogens is 2. The molecule has 0 aliphatic rings. The van der Waals surface area contributed by atoms with Gasteiger partial charge in [-0.3, -0.25) is 4.79 Å². The van der Waals surface area contributed by atoms with Crippen molar-refractivity contribution < 1.29 is 14.7 Å². The number of carboxylic acids is 1. The fourth-order valence-electron chi connectivity index (χ4n) is 2.58. The van der Waals surface area contributed by atoms with E-state index in [0.717, 1.165) is 16.9 Å². The van der Waals surface area contributed by atoms with Gasteiger partial charge in [0.1, 0.15) is 10.6 Å². The van der Waals surface area contributed by atoms with Crippen molar-refractivity contribution in [2.45, 2.75) is 6.92 Å². The van der Waals surface area contributed by atoms with Crippen molar-refractivity contribution in [2.75, 3.05) is 5.32 Å². The molecule has 0 aliphatic heterocycles. The van der Waals surface area contributed by atoms with E-state index in [2.05, 4.69) is 10.4 Å². The second kappa shape index (κ2) is 8.10. The van der Waals surface area contributed by atoms with Crippen LogP contribution in [0.25, 0.3) is 11.1 Å². The summed E-state index contributed by atoms with van der Waals surface area (Å²) in [4.78, 5) is 24.4. The van der Waals surface area contributed by atoms with E-state index in [1.54, 1.807) is 42.6 Å². The summed E-state index contributed by atoms with van der Waals surface area (Å²) in [5, 5.41) is 18.2. The lowest BCUT2D eigenvalue weighted by molar-refractivity contribution is 0.0699. The first-order valence-electron chi connectivity index (χ1n) is 7.91. The quantitative estimate of drug-likeness (QED) is 0.392. The standard InChI is InChI=1S/C19H13Cl2N3O3S/c1-9-2-3-11(7-15(9)24-22)17(25)23-18-16(19(26)27)12(8-28-18)10-4-5-13(20)14(21)6-10/h2-8,22H,1H3,(H,23,25)(H,26,27). The third-order valence-electron chi connectivity index (χ3n) is 4.05. The van der Waals surface area contributed by atoms with Crippen LogP contribution in [0.15, 0.2) is 46.9 Å². The summed E-state index contributed by atoms with van der Waals surface area (Å²) in [7, 11) is 0. The van der Waals surface area contributed by atoms with Gasteiger partial charge in [-0.2, -0.15) is 5.11 Å². The average molecular weight is 434 g/mol. The number of nitrogens with zero attached hydrogens (tertiary/aromatic N) is 1. The number of amides is 1. The summed E-state index contributed by atoms with van der Waals surface area (Å²) < 4.78 is 0. The number of nitrogens with one attached hydrogen (secondary N) is 2. The predicted molar refractivity (Wildman–Crippen MR) is 111 cm³/mol. The molecule has 1 aromatic heterocycles. The first-order chi connectivity index (χ1) is 13.3. The maximum Gasteiger partial charge on any atom is 0.339 e. The van der Waals surface area contributed by atoms with Gasteiger partial charge in [-0.1, -0.05) is 35.3 Å². The number of aromatic carboxylic acids is 1. The van der Waals surface area contributed by atoms with Crippen molar-refractivity contribution in [3.63, 3.8) is 0 Å². The van der Waals surface area contributed by atoms with Crippen LogP contribution >= 0.6 is 34.5 Å². The molecule has 0 atom stereocenters. The molecule has 9 heteroatoms. The zero-order valence-corrected chi connectivity index (χ0v) is 16.7. The Kier molecular flexibility index (Phi) is 5.79. The van der Waals surface area contributed by atoms with Crippen LogP contribution in [0.4, 0.5) is 10.7 Å². The number of hydrogen-bond acceptors (Lipinski definition) is 5. The number of rotatable bonds is 5. The Morgan fingerprint density at radius 3 is 2.54 bits per heavy atom. The lowest BCUT2D eigenvalue weighted by Gasteiger charge is -2.08. The summed E-state index contributed by atoms with van der Waals surface area (Å²) in [6, 6.07) is 9.57. The Balaban J connectivity index is 1.98. The second-order valence-electron chi connectivity index (χ2n) is 5.85. The second-order valence-corrected chi connectivity index (χ2v) is 7.55. The SMILES string of the molecule is Cc1ccc(C(=O)Nc2scc(-c3ccc(Cl)c(Cl)c3)c2C(=O)O)cc1N=N. The normalized spacial score (nSPS) is 10.5. The summed E-state index contributed by atoms with van der Waals surface area (Å²) in [5.41, 5.74) is 9.54. The van der Waals surface area contributed by atoms with Crippen LogP contribution < -0.4 is 5.32 Å². The fourth-order valence-corrected chi connectivity index (χ4v) is 3.84. The lowest BCUT2D eigenvalue weighted by Crippen LogP contribution is -2.13. The van der Waals surface area contributed by atoms with Crippen molar-refractivity contribution in [2.24, 2.45) is 5.11 Å². The van der Waals surface area contributed by atoms with Gasteiger partial charge >= 0.3 is 5.97 Å². The van der Waals surface area contributed by atoms with E-state index in [-0.39, 0.29) is 16.1 Å². The highest BCUT2D eigenvalue weighted by Crippen LogP contribution is 2.38. The van der Waals surface area contributed by atoms with Gasteiger partial charge in [0.15, 0.2) is 0 Å². The van der Waals surface area contributed by atoms with E-state index in [1.165, 1.54) is 6.07 Å². The number of carbonyl (C=O) groups excluding carboxylic acids is 1. The maximum absolute atomic E-state index is 12.6. The zero-order chi connectivity index (χ0) is 20.4. The van der Waals surface area contributed by atoms with Gasteiger partial charge in [-0.15, -0.1) is 11.3 Å². The molecule has 0 saturated heterocycles. The molecule has 3 N–H and O–H groups in total. The Labute approximate surface area is 174 Å². The van der Waals surface area contributed by atoms with Crippen molar-refractivity contribution in [3.8, 4) is 11.1 Å². The molecular weight excluding hydrogens is 421 g/mol. The van der Waals surface area contributed by atoms with E-state index in [0.29, 0.717) is 26.9 Å². The molecule has 6 nitrogen and oxygen atoms in total. The van der Waals surface area contributed by atoms with Crippen LogP contribution in [0.5, 0.6) is 0 Å². The highest BCUT2D eigenvalue weighted by molar-refractivity contribution is 7.15. The van der Waals surface area contributed by atoms with Crippen LogP contribution in [0.1, 0.15) is 26.3 Å². The van der Waals surface area contributed by atoms with Crippen molar-refractivity contribution in [1.29, 1.82) is 5.53 Å². The fraction of sp³-hybridized carbons (Fsp3) is 0.0526.